The number of ether oxygens (including phenoxy) is 1. The normalized spacial score (nSPS) is 12.0. The van der Waals surface area contributed by atoms with Crippen LogP contribution in [0.3, 0.4) is 0 Å². The lowest BCUT2D eigenvalue weighted by molar-refractivity contribution is 0.113. The molecular weight excluding hydrogens is 162 g/mol. The number of hydrogen-bond acceptors (Lipinski definition) is 2. The SMILES string of the molecule is CCOCCCN(C(C)C)C(C)C. The first-order valence-electron chi connectivity index (χ1n) is 5.43. The first-order valence-corrected chi connectivity index (χ1v) is 5.43. The van der Waals surface area contributed by atoms with E-state index < -0.39 is 0 Å². The second kappa shape index (κ2) is 7.34. The van der Waals surface area contributed by atoms with E-state index in [0.717, 1.165) is 26.2 Å². The van der Waals surface area contributed by atoms with Crippen molar-refractivity contribution >= 4 is 0 Å². The molecule has 0 aromatic carbocycles. The van der Waals surface area contributed by atoms with Crippen molar-refractivity contribution in [1.29, 1.82) is 0 Å². The highest BCUT2D eigenvalue weighted by atomic mass is 16.5. The predicted molar refractivity (Wildman–Crippen MR) is 58.1 cm³/mol. The summed E-state index contributed by atoms with van der Waals surface area (Å²) in [6.45, 7) is 13.9. The molecule has 2 heteroatoms. The highest BCUT2D eigenvalue weighted by molar-refractivity contribution is 4.66. The van der Waals surface area contributed by atoms with Crippen LogP contribution >= 0.6 is 0 Å². The lowest BCUT2D eigenvalue weighted by atomic mass is 10.2. The molecule has 0 aromatic heterocycles. The Morgan fingerprint density at radius 1 is 1.08 bits per heavy atom. The van der Waals surface area contributed by atoms with Gasteiger partial charge in [-0.15, -0.1) is 0 Å². The first-order chi connectivity index (χ1) is 6.09. The van der Waals surface area contributed by atoms with Gasteiger partial charge in [0.2, 0.25) is 0 Å². The molecule has 0 unspecified atom stereocenters. The van der Waals surface area contributed by atoms with E-state index >= 15 is 0 Å². The summed E-state index contributed by atoms with van der Waals surface area (Å²) in [7, 11) is 0. The van der Waals surface area contributed by atoms with Gasteiger partial charge in [-0.05, 0) is 41.0 Å². The molecule has 0 atom stereocenters. The Morgan fingerprint density at radius 3 is 2.00 bits per heavy atom. The number of rotatable bonds is 7. The lowest BCUT2D eigenvalue weighted by Crippen LogP contribution is -2.38. The molecule has 2 nitrogen and oxygen atoms in total. The standard InChI is InChI=1S/C11H25NO/c1-6-13-9-7-8-12(10(2)3)11(4)5/h10-11H,6-9H2,1-5H3. The maximum atomic E-state index is 5.32. The monoisotopic (exact) mass is 187 g/mol. The van der Waals surface area contributed by atoms with Gasteiger partial charge in [0.05, 0.1) is 0 Å². The molecule has 0 fully saturated rings. The summed E-state index contributed by atoms with van der Waals surface area (Å²) in [5.41, 5.74) is 0. The third-order valence-corrected chi connectivity index (χ3v) is 2.24. The van der Waals surface area contributed by atoms with Gasteiger partial charge in [0.1, 0.15) is 0 Å². The largest absolute Gasteiger partial charge is 0.382 e. The van der Waals surface area contributed by atoms with Gasteiger partial charge >= 0.3 is 0 Å². The van der Waals surface area contributed by atoms with Gasteiger partial charge in [0.25, 0.3) is 0 Å². The van der Waals surface area contributed by atoms with Gasteiger partial charge in [-0.25, -0.2) is 0 Å². The summed E-state index contributed by atoms with van der Waals surface area (Å²) in [6.07, 6.45) is 1.14. The molecule has 0 aliphatic heterocycles. The molecule has 0 rings (SSSR count). The quantitative estimate of drug-likeness (QED) is 0.568. The molecule has 80 valence electrons. The van der Waals surface area contributed by atoms with Crippen LogP contribution in [-0.4, -0.2) is 36.7 Å². The molecule has 0 spiro atoms. The number of hydrogen-bond donors (Lipinski definition) is 0. The summed E-state index contributed by atoms with van der Waals surface area (Å²) >= 11 is 0. The maximum absolute atomic E-state index is 5.32. The second-order valence-corrected chi connectivity index (χ2v) is 3.98. The molecule has 13 heavy (non-hydrogen) atoms. The summed E-state index contributed by atoms with van der Waals surface area (Å²) in [5.74, 6) is 0. The summed E-state index contributed by atoms with van der Waals surface area (Å²) in [5, 5.41) is 0. The van der Waals surface area contributed by atoms with Gasteiger partial charge < -0.3 is 4.74 Å². The van der Waals surface area contributed by atoms with Crippen LogP contribution in [0.15, 0.2) is 0 Å². The minimum atomic E-state index is 0.640. The third kappa shape index (κ3) is 6.05. The van der Waals surface area contributed by atoms with E-state index in [1.165, 1.54) is 0 Å². The second-order valence-electron chi connectivity index (χ2n) is 3.98. The van der Waals surface area contributed by atoms with Crippen LogP contribution in [0.5, 0.6) is 0 Å². The van der Waals surface area contributed by atoms with Crippen LogP contribution < -0.4 is 0 Å². The van der Waals surface area contributed by atoms with Crippen molar-refractivity contribution < 1.29 is 4.74 Å². The topological polar surface area (TPSA) is 12.5 Å². The molecule has 0 aliphatic carbocycles. The lowest BCUT2D eigenvalue weighted by Gasteiger charge is -2.30. The molecule has 0 aromatic rings. The van der Waals surface area contributed by atoms with Crippen molar-refractivity contribution in [3.8, 4) is 0 Å². The highest BCUT2D eigenvalue weighted by Crippen LogP contribution is 2.05. The fourth-order valence-corrected chi connectivity index (χ4v) is 1.61. The Labute approximate surface area is 83.3 Å². The minimum Gasteiger partial charge on any atom is -0.382 e. The molecule has 0 aliphatic rings. The maximum Gasteiger partial charge on any atom is 0.0478 e. The van der Waals surface area contributed by atoms with E-state index in [-0.39, 0.29) is 0 Å². The number of nitrogens with zero attached hydrogens (tertiary/aromatic N) is 1. The van der Waals surface area contributed by atoms with Gasteiger partial charge in [-0.2, -0.15) is 0 Å². The van der Waals surface area contributed by atoms with Crippen molar-refractivity contribution in [2.45, 2.75) is 53.1 Å². The van der Waals surface area contributed by atoms with Crippen LogP contribution in [0.2, 0.25) is 0 Å². The third-order valence-electron chi connectivity index (χ3n) is 2.24. The Bertz CT molecular complexity index is 105. The van der Waals surface area contributed by atoms with Crippen LogP contribution in [0.4, 0.5) is 0 Å². The Hall–Kier alpha value is -0.0800. The van der Waals surface area contributed by atoms with Crippen LogP contribution in [0.25, 0.3) is 0 Å². The van der Waals surface area contributed by atoms with E-state index in [2.05, 4.69) is 32.6 Å². The van der Waals surface area contributed by atoms with Crippen LogP contribution in [0, 0.1) is 0 Å². The van der Waals surface area contributed by atoms with Gasteiger partial charge in [-0.3, -0.25) is 4.90 Å². The molecule has 0 heterocycles. The molecule has 0 saturated heterocycles. The Morgan fingerprint density at radius 2 is 1.62 bits per heavy atom. The minimum absolute atomic E-state index is 0.640. The zero-order valence-electron chi connectivity index (χ0n) is 9.84. The van der Waals surface area contributed by atoms with Crippen molar-refractivity contribution in [3.05, 3.63) is 0 Å². The van der Waals surface area contributed by atoms with E-state index in [1.807, 2.05) is 6.92 Å². The van der Waals surface area contributed by atoms with E-state index in [0.29, 0.717) is 12.1 Å². The van der Waals surface area contributed by atoms with Crippen molar-refractivity contribution in [2.24, 2.45) is 0 Å². The van der Waals surface area contributed by atoms with Crippen molar-refractivity contribution in [3.63, 3.8) is 0 Å². The predicted octanol–water partition coefficient (Wildman–Crippen LogP) is 2.53. The van der Waals surface area contributed by atoms with E-state index in [1.54, 1.807) is 0 Å². The smallest absolute Gasteiger partial charge is 0.0478 e. The molecule has 0 saturated carbocycles. The molecular formula is C11H25NO. The van der Waals surface area contributed by atoms with Crippen molar-refractivity contribution in [1.82, 2.24) is 4.90 Å². The summed E-state index contributed by atoms with van der Waals surface area (Å²) in [4.78, 5) is 2.50. The fourth-order valence-electron chi connectivity index (χ4n) is 1.61. The molecule has 0 N–H and O–H groups in total. The van der Waals surface area contributed by atoms with Gasteiger partial charge in [0, 0.05) is 31.8 Å². The van der Waals surface area contributed by atoms with E-state index in [4.69, 9.17) is 4.74 Å². The zero-order chi connectivity index (χ0) is 10.3. The van der Waals surface area contributed by atoms with Crippen LogP contribution in [0.1, 0.15) is 41.0 Å². The highest BCUT2D eigenvalue weighted by Gasteiger charge is 2.11. The Balaban J connectivity index is 3.58. The van der Waals surface area contributed by atoms with E-state index in [9.17, 15) is 0 Å². The molecule has 0 bridgehead atoms. The summed E-state index contributed by atoms with van der Waals surface area (Å²) in [6, 6.07) is 1.28. The van der Waals surface area contributed by atoms with Gasteiger partial charge in [-0.1, -0.05) is 0 Å². The fraction of sp³-hybridized carbons (Fsp3) is 1.00. The molecule has 0 amide bonds. The zero-order valence-corrected chi connectivity index (χ0v) is 9.84. The Kier molecular flexibility index (Phi) is 7.29. The van der Waals surface area contributed by atoms with Crippen molar-refractivity contribution in [2.75, 3.05) is 19.8 Å². The summed E-state index contributed by atoms with van der Waals surface area (Å²) < 4.78 is 5.32. The first kappa shape index (κ1) is 12.9. The average molecular weight is 187 g/mol. The molecule has 0 radical (unpaired) electrons. The van der Waals surface area contributed by atoms with Gasteiger partial charge in [0.15, 0.2) is 0 Å². The van der Waals surface area contributed by atoms with Crippen LogP contribution in [-0.2, 0) is 4.74 Å². The average Bonchev–Trinajstić information content (AvgIpc) is 2.02.